The van der Waals surface area contributed by atoms with Crippen LogP contribution in [0.4, 0.5) is 19.0 Å². The van der Waals surface area contributed by atoms with E-state index in [1.807, 2.05) is 4.90 Å². The van der Waals surface area contributed by atoms with Crippen molar-refractivity contribution in [1.82, 2.24) is 25.2 Å². The molecule has 0 unspecified atom stereocenters. The molecule has 4 aromatic rings. The van der Waals surface area contributed by atoms with Crippen molar-refractivity contribution in [2.45, 2.75) is 62.5 Å². The van der Waals surface area contributed by atoms with Gasteiger partial charge in [0.05, 0.1) is 22.8 Å². The predicted octanol–water partition coefficient (Wildman–Crippen LogP) is 6.00. The quantitative estimate of drug-likeness (QED) is 0.248. The topological polar surface area (TPSA) is 86.6 Å². The van der Waals surface area contributed by atoms with E-state index in [4.69, 9.17) is 18.9 Å². The van der Waals surface area contributed by atoms with E-state index in [1.54, 1.807) is 6.92 Å². The summed E-state index contributed by atoms with van der Waals surface area (Å²) in [6.07, 6.45) is 9.90. The SMILES string of the molecule is [2H]C([2H])(C)[C@@]12CC[C@@H](CN(c3nc(OC[C@@]45CCCN4C/C(=C/F)C5)nc4c(F)c(-c5cc(O)cc6ccc(F)c(C#C)c56)ncc34)C1)N2. The van der Waals surface area contributed by atoms with Gasteiger partial charge in [-0.05, 0) is 74.2 Å². The van der Waals surface area contributed by atoms with E-state index in [1.165, 1.54) is 30.5 Å². The maximum atomic E-state index is 17.0. The molecule has 2 aromatic carbocycles. The van der Waals surface area contributed by atoms with Crippen LogP contribution in [0, 0.1) is 24.0 Å². The monoisotopic (exact) mass is 642 g/mol. The van der Waals surface area contributed by atoms with Gasteiger partial charge < -0.3 is 20.1 Å². The number of pyridine rings is 1. The van der Waals surface area contributed by atoms with E-state index in [0.29, 0.717) is 54.4 Å². The lowest BCUT2D eigenvalue weighted by Gasteiger charge is -2.42. The molecule has 2 N–H and O–H groups in total. The number of piperazine rings is 1. The molecule has 4 saturated heterocycles. The first-order chi connectivity index (χ1) is 23.4. The van der Waals surface area contributed by atoms with Crippen LogP contribution in [0.25, 0.3) is 32.9 Å². The van der Waals surface area contributed by atoms with Crippen LogP contribution < -0.4 is 15.0 Å². The number of aromatic hydroxyl groups is 1. The maximum Gasteiger partial charge on any atom is 0.319 e. The lowest BCUT2D eigenvalue weighted by Crippen LogP contribution is -2.59. The minimum atomic E-state index is -1.56. The van der Waals surface area contributed by atoms with E-state index in [2.05, 4.69) is 26.1 Å². The molecule has 0 spiro atoms. The highest BCUT2D eigenvalue weighted by Gasteiger charge is 2.48. The molecule has 4 aliphatic rings. The molecule has 11 heteroatoms. The second-order valence-corrected chi connectivity index (χ2v) is 13.2. The van der Waals surface area contributed by atoms with Crippen LogP contribution in [0.3, 0.4) is 0 Å². The number of fused-ring (bicyclic) bond motifs is 5. The predicted molar refractivity (Wildman–Crippen MR) is 174 cm³/mol. The molecule has 4 aliphatic heterocycles. The zero-order chi connectivity index (χ0) is 34.3. The summed E-state index contributed by atoms with van der Waals surface area (Å²) >= 11 is 0. The zero-order valence-electron chi connectivity index (χ0n) is 27.9. The van der Waals surface area contributed by atoms with E-state index in [0.717, 1.165) is 25.8 Å². The van der Waals surface area contributed by atoms with Gasteiger partial charge in [-0.15, -0.1) is 6.42 Å². The van der Waals surface area contributed by atoms with Crippen molar-refractivity contribution in [3.05, 3.63) is 59.6 Å². The number of anilines is 1. The van der Waals surface area contributed by atoms with E-state index >= 15 is 4.39 Å². The normalized spacial score (nSPS) is 27.3. The van der Waals surface area contributed by atoms with Gasteiger partial charge in [0.15, 0.2) is 5.82 Å². The highest BCUT2D eigenvalue weighted by atomic mass is 19.1. The fourth-order valence-corrected chi connectivity index (χ4v) is 8.23. The Bertz CT molecular complexity index is 2100. The molecule has 0 saturated carbocycles. The third-order valence-corrected chi connectivity index (χ3v) is 10.5. The Morgan fingerprint density at radius 2 is 2.15 bits per heavy atom. The fourth-order valence-electron chi connectivity index (χ4n) is 8.23. The molecule has 47 heavy (non-hydrogen) atoms. The molecule has 8 rings (SSSR count). The average Bonchev–Trinajstić information content (AvgIpc) is 3.73. The molecule has 4 fully saturated rings. The number of hydrogen-bond acceptors (Lipinski definition) is 8. The summed E-state index contributed by atoms with van der Waals surface area (Å²) in [6.45, 7) is 3.84. The molecular weight excluding hydrogens is 605 g/mol. The largest absolute Gasteiger partial charge is 0.508 e. The summed E-state index contributed by atoms with van der Waals surface area (Å²) in [7, 11) is 0. The average molecular weight is 643 g/mol. The summed E-state index contributed by atoms with van der Waals surface area (Å²) in [5.74, 6) is 1.02. The summed E-state index contributed by atoms with van der Waals surface area (Å²) in [5.41, 5.74) is -0.862. The third kappa shape index (κ3) is 4.80. The van der Waals surface area contributed by atoms with Crippen molar-refractivity contribution in [3.63, 3.8) is 0 Å². The van der Waals surface area contributed by atoms with Crippen LogP contribution in [-0.2, 0) is 0 Å². The first-order valence-corrected chi connectivity index (χ1v) is 15.9. The number of ether oxygens (including phenoxy) is 1. The Kier molecular flexibility index (Phi) is 6.54. The van der Waals surface area contributed by atoms with Gasteiger partial charge in [0, 0.05) is 51.1 Å². The van der Waals surface area contributed by atoms with Gasteiger partial charge in [0.25, 0.3) is 0 Å². The number of aromatic nitrogens is 3. The Labute approximate surface area is 273 Å². The molecule has 2 bridgehead atoms. The molecule has 0 amide bonds. The fraction of sp³-hybridized carbons (Fsp3) is 0.417. The maximum absolute atomic E-state index is 17.0. The Morgan fingerprint density at radius 3 is 2.96 bits per heavy atom. The van der Waals surface area contributed by atoms with Crippen LogP contribution >= 0.6 is 0 Å². The first-order valence-electron chi connectivity index (χ1n) is 16.9. The molecule has 8 nitrogen and oxygen atoms in total. The molecule has 242 valence electrons. The van der Waals surface area contributed by atoms with Crippen LogP contribution in [-0.4, -0.2) is 74.9 Å². The number of nitrogens with one attached hydrogen (secondary N) is 1. The third-order valence-electron chi connectivity index (χ3n) is 10.5. The Morgan fingerprint density at radius 1 is 1.28 bits per heavy atom. The summed E-state index contributed by atoms with van der Waals surface area (Å²) in [5, 5.41) is 15.0. The molecule has 2 aromatic heterocycles. The summed E-state index contributed by atoms with van der Waals surface area (Å²) in [4.78, 5) is 18.0. The lowest BCUT2D eigenvalue weighted by atomic mass is 9.93. The van der Waals surface area contributed by atoms with Crippen LogP contribution in [0.1, 0.15) is 53.7 Å². The van der Waals surface area contributed by atoms with Crippen LogP contribution in [0.15, 0.2) is 42.4 Å². The Hall–Kier alpha value is -4.40. The molecule has 0 radical (unpaired) electrons. The van der Waals surface area contributed by atoms with Gasteiger partial charge in [0.1, 0.15) is 35.2 Å². The highest BCUT2D eigenvalue weighted by molar-refractivity contribution is 6.03. The minimum absolute atomic E-state index is 0.0127. The number of halogens is 3. The van der Waals surface area contributed by atoms with Gasteiger partial charge in [-0.2, -0.15) is 9.97 Å². The van der Waals surface area contributed by atoms with Crippen molar-refractivity contribution in [2.75, 3.05) is 37.7 Å². The molecule has 6 heterocycles. The number of phenolic OH excluding ortho intramolecular Hbond substituents is 1. The number of benzene rings is 2. The minimum Gasteiger partial charge on any atom is -0.508 e. The van der Waals surface area contributed by atoms with Crippen molar-refractivity contribution in [3.8, 4) is 35.4 Å². The summed E-state index contributed by atoms with van der Waals surface area (Å²) < 4.78 is 69.1. The number of terminal acetylenes is 1. The standard InChI is InChI=1S/C36H35F3N6O2/c1-3-25-28(38)7-6-22-12-24(46)13-26(29(22)25)31-30(39)32-27(16-40-31)33(44-18-23-8-10-35(4-2,19-44)43-23)42-34(41-32)47-20-36-9-5-11-45(36)17-21(14-36)15-37/h1,6-7,12-13,15-16,23,43,46H,4-5,8-11,14,17-20H2,2H3/b21-15+/t23-,35+,36-/m0/s1/i4D2. The number of nitrogens with zero attached hydrogens (tertiary/aromatic N) is 5. The van der Waals surface area contributed by atoms with Crippen molar-refractivity contribution in [1.29, 1.82) is 0 Å². The molecule has 3 atom stereocenters. The number of rotatable bonds is 6. The van der Waals surface area contributed by atoms with Gasteiger partial charge in [-0.3, -0.25) is 9.88 Å². The van der Waals surface area contributed by atoms with E-state index in [9.17, 15) is 13.9 Å². The van der Waals surface area contributed by atoms with Crippen LogP contribution in [0.2, 0.25) is 0 Å². The van der Waals surface area contributed by atoms with E-state index in [-0.39, 0.29) is 58.7 Å². The second-order valence-electron chi connectivity index (χ2n) is 13.2. The van der Waals surface area contributed by atoms with E-state index < -0.39 is 29.1 Å². The lowest BCUT2D eigenvalue weighted by molar-refractivity contribution is 0.108. The molecule has 0 aliphatic carbocycles. The van der Waals surface area contributed by atoms with Crippen LogP contribution in [0.5, 0.6) is 11.8 Å². The smallest absolute Gasteiger partial charge is 0.319 e. The number of hydrogen-bond donors (Lipinski definition) is 2. The van der Waals surface area contributed by atoms with Crippen molar-refractivity contribution in [2.24, 2.45) is 0 Å². The van der Waals surface area contributed by atoms with Crippen molar-refractivity contribution < 1.29 is 25.8 Å². The highest BCUT2D eigenvalue weighted by Crippen LogP contribution is 2.43. The summed E-state index contributed by atoms with van der Waals surface area (Å²) in [6, 6.07) is 5.28. The van der Waals surface area contributed by atoms with Crippen molar-refractivity contribution >= 4 is 27.5 Å². The Balaban J connectivity index is 1.29. The van der Waals surface area contributed by atoms with Gasteiger partial charge in [-0.25, -0.2) is 13.2 Å². The van der Waals surface area contributed by atoms with Gasteiger partial charge in [0.2, 0.25) is 0 Å². The first kappa shape index (κ1) is 27.7. The molecular formula is C36H35F3N6O2. The zero-order valence-corrected chi connectivity index (χ0v) is 25.9. The second kappa shape index (κ2) is 11.1. The van der Waals surface area contributed by atoms with Gasteiger partial charge >= 0.3 is 6.01 Å². The number of phenols is 1. The van der Waals surface area contributed by atoms with Gasteiger partial charge in [-0.1, -0.05) is 18.9 Å².